The highest BCUT2D eigenvalue weighted by Crippen LogP contribution is 2.37. The van der Waals surface area contributed by atoms with Crippen molar-refractivity contribution in [1.29, 1.82) is 0 Å². The van der Waals surface area contributed by atoms with Crippen LogP contribution in [-0.4, -0.2) is 25.4 Å². The van der Waals surface area contributed by atoms with Gasteiger partial charge in [-0.05, 0) is 37.7 Å². The van der Waals surface area contributed by atoms with E-state index in [-0.39, 0.29) is 16.8 Å². The fourth-order valence-electron chi connectivity index (χ4n) is 2.99. The van der Waals surface area contributed by atoms with E-state index >= 15 is 0 Å². The highest BCUT2D eigenvalue weighted by Gasteiger charge is 2.30. The summed E-state index contributed by atoms with van der Waals surface area (Å²) in [6.45, 7) is 0.666. The molecule has 3 rings (SSSR count). The maximum atomic E-state index is 12.3. The van der Waals surface area contributed by atoms with Crippen LogP contribution in [0.4, 0.5) is 0 Å². The van der Waals surface area contributed by atoms with Crippen molar-refractivity contribution in [2.75, 3.05) is 6.54 Å². The summed E-state index contributed by atoms with van der Waals surface area (Å²) in [5.41, 5.74) is 0.402. The molecule has 1 aromatic rings. The van der Waals surface area contributed by atoms with Crippen LogP contribution in [0.15, 0.2) is 17.2 Å². The molecule has 3 N–H and O–H groups in total. The van der Waals surface area contributed by atoms with E-state index in [1.54, 1.807) is 4.57 Å². The van der Waals surface area contributed by atoms with Gasteiger partial charge in [0.2, 0.25) is 10.0 Å². The largest absolute Gasteiger partial charge is 0.350 e. The van der Waals surface area contributed by atoms with E-state index in [2.05, 4.69) is 5.32 Å². The summed E-state index contributed by atoms with van der Waals surface area (Å²) >= 11 is 0. The van der Waals surface area contributed by atoms with Crippen LogP contribution in [0.2, 0.25) is 0 Å². The third-order valence-electron chi connectivity index (χ3n) is 4.35. The molecule has 7 heteroatoms. The van der Waals surface area contributed by atoms with Gasteiger partial charge in [0.15, 0.2) is 0 Å². The number of rotatable bonds is 5. The van der Waals surface area contributed by atoms with Gasteiger partial charge in [-0.3, -0.25) is 4.79 Å². The van der Waals surface area contributed by atoms with Gasteiger partial charge in [0, 0.05) is 18.8 Å². The first-order chi connectivity index (χ1) is 9.95. The first-order valence-electron chi connectivity index (χ1n) is 7.48. The van der Waals surface area contributed by atoms with Crippen LogP contribution in [-0.2, 0) is 10.0 Å². The molecule has 2 aliphatic rings. The lowest BCUT2D eigenvalue weighted by atomic mass is 10.1. The molecular formula is C14H21N3O3S. The number of nitrogens with two attached hydrogens (primary N) is 1. The molecule has 116 valence electrons. The summed E-state index contributed by atoms with van der Waals surface area (Å²) in [6, 6.07) is 1.62. The zero-order valence-electron chi connectivity index (χ0n) is 11.9. The predicted octanol–water partition coefficient (Wildman–Crippen LogP) is 1.39. The Hall–Kier alpha value is -1.34. The maximum absolute atomic E-state index is 12.3. The lowest BCUT2D eigenvalue weighted by Gasteiger charge is -2.12. The van der Waals surface area contributed by atoms with E-state index in [9.17, 15) is 13.2 Å². The van der Waals surface area contributed by atoms with Crippen molar-refractivity contribution in [1.82, 2.24) is 9.88 Å². The first-order valence-corrected chi connectivity index (χ1v) is 9.02. The summed E-state index contributed by atoms with van der Waals surface area (Å²) in [6.07, 6.45) is 8.21. The molecule has 0 bridgehead atoms. The van der Waals surface area contributed by atoms with Crippen LogP contribution < -0.4 is 10.5 Å². The normalized spacial score (nSPS) is 19.9. The van der Waals surface area contributed by atoms with Gasteiger partial charge in [0.05, 0.1) is 0 Å². The molecule has 1 amide bonds. The van der Waals surface area contributed by atoms with E-state index in [4.69, 9.17) is 5.14 Å². The Morgan fingerprint density at radius 2 is 1.95 bits per heavy atom. The summed E-state index contributed by atoms with van der Waals surface area (Å²) < 4.78 is 24.7. The van der Waals surface area contributed by atoms with Gasteiger partial charge in [-0.25, -0.2) is 13.6 Å². The number of carbonyl (C=O) groups is 1. The van der Waals surface area contributed by atoms with Gasteiger partial charge in [-0.1, -0.05) is 12.8 Å². The molecule has 0 aliphatic heterocycles. The van der Waals surface area contributed by atoms with Crippen molar-refractivity contribution in [2.24, 2.45) is 11.1 Å². The number of amides is 1. The average Bonchev–Trinajstić information content (AvgIpc) is 2.96. The van der Waals surface area contributed by atoms with Crippen molar-refractivity contribution < 1.29 is 13.2 Å². The minimum absolute atomic E-state index is 0.0143. The van der Waals surface area contributed by atoms with Gasteiger partial charge in [-0.15, -0.1) is 0 Å². The van der Waals surface area contributed by atoms with Gasteiger partial charge in [0.25, 0.3) is 5.91 Å². The number of primary sulfonamides is 1. The van der Waals surface area contributed by atoms with E-state index in [0.29, 0.717) is 18.2 Å². The van der Waals surface area contributed by atoms with E-state index < -0.39 is 10.0 Å². The van der Waals surface area contributed by atoms with Crippen molar-refractivity contribution in [3.63, 3.8) is 0 Å². The van der Waals surface area contributed by atoms with Crippen molar-refractivity contribution in [2.45, 2.75) is 49.5 Å². The minimum Gasteiger partial charge on any atom is -0.350 e. The summed E-state index contributed by atoms with van der Waals surface area (Å²) in [4.78, 5) is 12.3. The molecule has 2 fully saturated rings. The van der Waals surface area contributed by atoms with Gasteiger partial charge in [-0.2, -0.15) is 0 Å². The van der Waals surface area contributed by atoms with Crippen molar-refractivity contribution >= 4 is 15.9 Å². The van der Waals surface area contributed by atoms with Crippen LogP contribution in [0.5, 0.6) is 0 Å². The quantitative estimate of drug-likeness (QED) is 0.860. The molecule has 0 saturated heterocycles. The second-order valence-corrected chi connectivity index (χ2v) is 7.67. The maximum Gasteiger partial charge on any atom is 0.267 e. The molecule has 0 aromatic carbocycles. The zero-order chi connectivity index (χ0) is 15.0. The zero-order valence-corrected chi connectivity index (χ0v) is 12.7. The van der Waals surface area contributed by atoms with E-state index in [1.165, 1.54) is 25.1 Å². The van der Waals surface area contributed by atoms with E-state index in [0.717, 1.165) is 25.7 Å². The number of nitrogens with one attached hydrogen (secondary N) is 1. The Labute approximate surface area is 124 Å². The lowest BCUT2D eigenvalue weighted by molar-refractivity contribution is 0.0938. The predicted molar refractivity (Wildman–Crippen MR) is 78.4 cm³/mol. The monoisotopic (exact) mass is 311 g/mol. The van der Waals surface area contributed by atoms with Gasteiger partial charge < -0.3 is 9.88 Å². The fraction of sp³-hybridized carbons (Fsp3) is 0.643. The third-order valence-corrected chi connectivity index (χ3v) is 5.23. The number of nitrogens with zero attached hydrogens (tertiary/aromatic N) is 1. The average molecular weight is 311 g/mol. The topological polar surface area (TPSA) is 94.2 Å². The highest BCUT2D eigenvalue weighted by atomic mass is 32.2. The number of sulfonamides is 1. The van der Waals surface area contributed by atoms with Crippen LogP contribution >= 0.6 is 0 Å². The van der Waals surface area contributed by atoms with Crippen LogP contribution in [0, 0.1) is 5.92 Å². The molecule has 2 aliphatic carbocycles. The summed E-state index contributed by atoms with van der Waals surface area (Å²) in [7, 11) is -3.78. The second kappa shape index (κ2) is 5.46. The Bertz CT molecular complexity index is 640. The molecule has 1 heterocycles. The highest BCUT2D eigenvalue weighted by molar-refractivity contribution is 7.89. The standard InChI is InChI=1S/C14H21N3O3S/c15-21(19,20)12-7-13(17(9-12)11-5-6-11)14(18)16-8-10-3-1-2-4-10/h7,9-11H,1-6,8H2,(H,16,18)(H2,15,19,20). The number of carbonyl (C=O) groups excluding carboxylic acids is 1. The molecular weight excluding hydrogens is 290 g/mol. The minimum atomic E-state index is -3.78. The van der Waals surface area contributed by atoms with Crippen LogP contribution in [0.3, 0.4) is 0 Å². The van der Waals surface area contributed by atoms with Gasteiger partial charge >= 0.3 is 0 Å². The molecule has 0 spiro atoms. The molecule has 6 nitrogen and oxygen atoms in total. The SMILES string of the molecule is NS(=O)(=O)c1cc(C(=O)NCC2CCCC2)n(C2CC2)c1. The molecule has 0 radical (unpaired) electrons. The van der Waals surface area contributed by atoms with Crippen molar-refractivity contribution in [3.05, 3.63) is 18.0 Å². The molecule has 0 atom stereocenters. The number of aromatic nitrogens is 1. The summed E-state index contributed by atoms with van der Waals surface area (Å²) in [5.74, 6) is 0.347. The molecule has 1 aromatic heterocycles. The number of hydrogen-bond acceptors (Lipinski definition) is 3. The molecule has 0 unspecified atom stereocenters. The van der Waals surface area contributed by atoms with Gasteiger partial charge in [0.1, 0.15) is 10.6 Å². The second-order valence-electron chi connectivity index (χ2n) is 6.11. The molecule has 2 saturated carbocycles. The smallest absolute Gasteiger partial charge is 0.267 e. The Kier molecular flexibility index (Phi) is 3.79. The first kappa shape index (κ1) is 14.6. The fourth-order valence-corrected chi connectivity index (χ4v) is 3.52. The Morgan fingerprint density at radius 3 is 2.52 bits per heavy atom. The van der Waals surface area contributed by atoms with E-state index in [1.807, 2.05) is 0 Å². The third kappa shape index (κ3) is 3.29. The lowest BCUT2D eigenvalue weighted by Crippen LogP contribution is -2.29. The van der Waals surface area contributed by atoms with Crippen LogP contribution in [0.1, 0.15) is 55.1 Å². The Balaban J connectivity index is 1.76. The van der Waals surface area contributed by atoms with Crippen LogP contribution in [0.25, 0.3) is 0 Å². The molecule has 21 heavy (non-hydrogen) atoms. The number of hydrogen-bond donors (Lipinski definition) is 2. The Morgan fingerprint density at radius 1 is 1.29 bits per heavy atom. The summed E-state index contributed by atoms with van der Waals surface area (Å²) in [5, 5.41) is 8.09. The van der Waals surface area contributed by atoms with Crippen molar-refractivity contribution in [3.8, 4) is 0 Å².